The van der Waals surface area contributed by atoms with Gasteiger partial charge in [0.15, 0.2) is 0 Å². The molecule has 0 amide bonds. The molecular weight excluding hydrogens is 181 g/mol. The third-order valence-electron chi connectivity index (χ3n) is 2.05. The van der Waals surface area contributed by atoms with Crippen LogP contribution in [0.2, 0.25) is 0 Å². The zero-order chi connectivity index (χ0) is 10.6. The Morgan fingerprint density at radius 3 is 2.50 bits per heavy atom. The van der Waals surface area contributed by atoms with Crippen molar-refractivity contribution < 1.29 is 9.18 Å². The molecule has 0 N–H and O–H groups in total. The Balaban J connectivity index is 3.11. The van der Waals surface area contributed by atoms with Crippen LogP contribution in [0.15, 0.2) is 29.3 Å². The number of hydrogen-bond acceptors (Lipinski definition) is 2. The fourth-order valence-corrected chi connectivity index (χ4v) is 1.35. The molecule has 0 aliphatic rings. The average Bonchev–Trinajstić information content (AvgIpc) is 2.15. The molecule has 14 heavy (non-hydrogen) atoms. The molecule has 0 heterocycles. The highest BCUT2D eigenvalue weighted by Gasteiger charge is 2.17. The summed E-state index contributed by atoms with van der Waals surface area (Å²) >= 11 is 0. The fourth-order valence-electron chi connectivity index (χ4n) is 1.35. The molecule has 0 saturated carbocycles. The van der Waals surface area contributed by atoms with E-state index in [0.29, 0.717) is 5.56 Å². The van der Waals surface area contributed by atoms with Gasteiger partial charge in [-0.05, 0) is 12.0 Å². The zero-order valence-corrected chi connectivity index (χ0v) is 8.20. The molecule has 0 aliphatic carbocycles. The molecule has 0 radical (unpaired) electrons. The van der Waals surface area contributed by atoms with Crippen LogP contribution in [-0.4, -0.2) is 6.08 Å². The third kappa shape index (κ3) is 2.27. The Labute approximate surface area is 82.5 Å². The molecule has 0 aromatic heterocycles. The maximum Gasteiger partial charge on any atom is 0.235 e. The third-order valence-corrected chi connectivity index (χ3v) is 2.05. The first-order chi connectivity index (χ1) is 6.66. The first-order valence-corrected chi connectivity index (χ1v) is 4.48. The van der Waals surface area contributed by atoms with Crippen molar-refractivity contribution in [3.05, 3.63) is 35.6 Å². The number of halogens is 1. The molecule has 1 unspecified atom stereocenters. The quantitative estimate of drug-likeness (QED) is 0.536. The maximum absolute atomic E-state index is 13.3. The van der Waals surface area contributed by atoms with E-state index in [1.807, 2.05) is 13.8 Å². The zero-order valence-electron chi connectivity index (χ0n) is 8.20. The minimum atomic E-state index is -0.436. The summed E-state index contributed by atoms with van der Waals surface area (Å²) < 4.78 is 13.3. The smallest absolute Gasteiger partial charge is 0.211 e. The molecule has 74 valence electrons. The number of carbonyl (C=O) groups excluding carboxylic acids is 1. The van der Waals surface area contributed by atoms with Gasteiger partial charge in [-0.25, -0.2) is 9.18 Å². The lowest BCUT2D eigenvalue weighted by Gasteiger charge is -2.15. The molecule has 1 atom stereocenters. The van der Waals surface area contributed by atoms with Crippen molar-refractivity contribution in [3.63, 3.8) is 0 Å². The van der Waals surface area contributed by atoms with Gasteiger partial charge in [-0.1, -0.05) is 32.0 Å². The maximum atomic E-state index is 13.3. The van der Waals surface area contributed by atoms with Gasteiger partial charge in [0.05, 0.1) is 6.04 Å². The van der Waals surface area contributed by atoms with Crippen LogP contribution in [0.1, 0.15) is 25.5 Å². The summed E-state index contributed by atoms with van der Waals surface area (Å²) in [5.41, 5.74) is 0.450. The first kappa shape index (κ1) is 10.6. The van der Waals surface area contributed by atoms with Gasteiger partial charge in [0.2, 0.25) is 6.08 Å². The second kappa shape index (κ2) is 4.68. The van der Waals surface area contributed by atoms with Crippen LogP contribution in [0.25, 0.3) is 0 Å². The Kier molecular flexibility index (Phi) is 3.55. The lowest BCUT2D eigenvalue weighted by atomic mass is 9.96. The number of benzene rings is 1. The summed E-state index contributed by atoms with van der Waals surface area (Å²) in [6, 6.07) is 5.91. The van der Waals surface area contributed by atoms with E-state index in [2.05, 4.69) is 4.99 Å². The highest BCUT2D eigenvalue weighted by atomic mass is 19.1. The monoisotopic (exact) mass is 193 g/mol. The van der Waals surface area contributed by atoms with Gasteiger partial charge in [-0.3, -0.25) is 0 Å². The molecule has 0 spiro atoms. The lowest BCUT2D eigenvalue weighted by molar-refractivity contribution is 0.479. The van der Waals surface area contributed by atoms with Crippen LogP contribution in [0.4, 0.5) is 4.39 Å². The van der Waals surface area contributed by atoms with Crippen LogP contribution >= 0.6 is 0 Å². The highest BCUT2D eigenvalue weighted by Crippen LogP contribution is 2.27. The molecule has 1 rings (SSSR count). The van der Waals surface area contributed by atoms with Crippen LogP contribution in [0.5, 0.6) is 0 Å². The summed E-state index contributed by atoms with van der Waals surface area (Å²) in [7, 11) is 0. The van der Waals surface area contributed by atoms with Crippen molar-refractivity contribution in [2.24, 2.45) is 10.9 Å². The highest BCUT2D eigenvalue weighted by molar-refractivity contribution is 5.36. The van der Waals surface area contributed by atoms with Crippen LogP contribution in [0.3, 0.4) is 0 Å². The van der Waals surface area contributed by atoms with Gasteiger partial charge in [0.1, 0.15) is 5.82 Å². The van der Waals surface area contributed by atoms with Crippen LogP contribution < -0.4 is 0 Å². The minimum absolute atomic E-state index is 0.0772. The molecule has 0 saturated heterocycles. The number of hydrogen-bond donors (Lipinski definition) is 0. The van der Waals surface area contributed by atoms with E-state index in [-0.39, 0.29) is 11.7 Å². The number of isocyanates is 1. The van der Waals surface area contributed by atoms with Crippen molar-refractivity contribution >= 4 is 6.08 Å². The van der Waals surface area contributed by atoms with Gasteiger partial charge in [0.25, 0.3) is 0 Å². The largest absolute Gasteiger partial charge is 0.235 e. The summed E-state index contributed by atoms with van der Waals surface area (Å²) in [6.07, 6.45) is 1.48. The summed E-state index contributed by atoms with van der Waals surface area (Å²) in [4.78, 5) is 13.8. The van der Waals surface area contributed by atoms with Crippen molar-refractivity contribution in [3.8, 4) is 0 Å². The number of rotatable bonds is 3. The summed E-state index contributed by atoms with van der Waals surface area (Å²) in [6.45, 7) is 3.77. The SMILES string of the molecule is CC(C)C(N=C=O)c1ccccc1F. The topological polar surface area (TPSA) is 29.4 Å². The van der Waals surface area contributed by atoms with E-state index in [1.54, 1.807) is 18.2 Å². The van der Waals surface area contributed by atoms with Crippen molar-refractivity contribution in [1.29, 1.82) is 0 Å². The lowest BCUT2D eigenvalue weighted by Crippen LogP contribution is -2.05. The van der Waals surface area contributed by atoms with Crippen LogP contribution in [0, 0.1) is 11.7 Å². The molecule has 0 fully saturated rings. The standard InChI is InChI=1S/C11H12FNO/c1-8(2)11(13-7-14)9-5-3-4-6-10(9)12/h3-6,8,11H,1-2H3. The molecule has 1 aromatic rings. The van der Waals surface area contributed by atoms with E-state index < -0.39 is 6.04 Å². The fraction of sp³-hybridized carbons (Fsp3) is 0.364. The summed E-state index contributed by atoms with van der Waals surface area (Å²) in [5, 5.41) is 0. The van der Waals surface area contributed by atoms with Gasteiger partial charge in [0, 0.05) is 5.56 Å². The van der Waals surface area contributed by atoms with E-state index in [0.717, 1.165) is 0 Å². The molecule has 2 nitrogen and oxygen atoms in total. The van der Waals surface area contributed by atoms with Gasteiger partial charge in [-0.15, -0.1) is 0 Å². The molecule has 1 aromatic carbocycles. The Morgan fingerprint density at radius 1 is 1.36 bits per heavy atom. The van der Waals surface area contributed by atoms with E-state index >= 15 is 0 Å². The Bertz CT molecular complexity index is 356. The number of nitrogens with zero attached hydrogens (tertiary/aromatic N) is 1. The van der Waals surface area contributed by atoms with Crippen molar-refractivity contribution in [2.75, 3.05) is 0 Å². The number of aliphatic imine (C=N–C) groups is 1. The normalized spacial score (nSPS) is 12.3. The first-order valence-electron chi connectivity index (χ1n) is 4.48. The molecule has 3 heteroatoms. The average molecular weight is 193 g/mol. The van der Waals surface area contributed by atoms with Crippen molar-refractivity contribution in [1.82, 2.24) is 0 Å². The van der Waals surface area contributed by atoms with Gasteiger partial charge >= 0.3 is 0 Å². The second-order valence-electron chi connectivity index (χ2n) is 3.43. The van der Waals surface area contributed by atoms with Gasteiger partial charge < -0.3 is 0 Å². The van der Waals surface area contributed by atoms with Crippen molar-refractivity contribution in [2.45, 2.75) is 19.9 Å². The molecule has 0 aliphatic heterocycles. The van der Waals surface area contributed by atoms with Gasteiger partial charge in [-0.2, -0.15) is 4.99 Å². The van der Waals surface area contributed by atoms with E-state index in [4.69, 9.17) is 0 Å². The minimum Gasteiger partial charge on any atom is -0.211 e. The second-order valence-corrected chi connectivity index (χ2v) is 3.43. The predicted octanol–water partition coefficient (Wildman–Crippen LogP) is 2.86. The molecule has 0 bridgehead atoms. The van der Waals surface area contributed by atoms with E-state index in [1.165, 1.54) is 12.1 Å². The van der Waals surface area contributed by atoms with E-state index in [9.17, 15) is 9.18 Å². The Hall–Kier alpha value is -1.47. The van der Waals surface area contributed by atoms with Crippen LogP contribution in [-0.2, 0) is 4.79 Å². The Morgan fingerprint density at radius 2 is 2.00 bits per heavy atom. The predicted molar refractivity (Wildman–Crippen MR) is 52.1 cm³/mol. The molecular formula is C11H12FNO. The summed E-state index contributed by atoms with van der Waals surface area (Å²) in [5.74, 6) is -0.251.